The van der Waals surface area contributed by atoms with E-state index in [1.807, 2.05) is 25.1 Å². The fraction of sp³-hybridized carbons (Fsp3) is 0.500. The number of aryl methyl sites for hydroxylation is 1. The van der Waals surface area contributed by atoms with E-state index in [9.17, 15) is 9.59 Å². The summed E-state index contributed by atoms with van der Waals surface area (Å²) in [6, 6.07) is 7.34. The second-order valence-electron chi connectivity index (χ2n) is 5.07. The topological polar surface area (TPSA) is 66.8 Å². The van der Waals surface area contributed by atoms with E-state index >= 15 is 0 Å². The molecule has 0 aliphatic carbocycles. The Morgan fingerprint density at radius 2 is 2.00 bits per heavy atom. The summed E-state index contributed by atoms with van der Waals surface area (Å²) in [6.07, 6.45) is 0.478. The van der Waals surface area contributed by atoms with Crippen LogP contribution in [-0.4, -0.2) is 48.7 Å². The van der Waals surface area contributed by atoms with Crippen LogP contribution in [-0.2, 0) is 9.53 Å². The van der Waals surface area contributed by atoms with Crippen LogP contribution in [0.3, 0.4) is 0 Å². The monoisotopic (exact) mass is 293 g/mol. The Morgan fingerprint density at radius 1 is 1.33 bits per heavy atom. The molecule has 1 atom stereocenters. The number of carbonyl (C=O) groups is 2. The van der Waals surface area contributed by atoms with Crippen LogP contribution in [0.25, 0.3) is 0 Å². The molecule has 21 heavy (non-hydrogen) atoms. The zero-order valence-corrected chi connectivity index (χ0v) is 12.8. The van der Waals surface area contributed by atoms with Crippen LogP contribution in [0.1, 0.15) is 29.3 Å². The minimum absolute atomic E-state index is 0.00412. The lowest BCUT2D eigenvalue weighted by Crippen LogP contribution is -2.38. The summed E-state index contributed by atoms with van der Waals surface area (Å²) in [5.74, 6) is -0.874. The molecule has 0 bridgehead atoms. The Balaban J connectivity index is 2.89. The Labute approximate surface area is 125 Å². The lowest BCUT2D eigenvalue weighted by molar-refractivity contribution is -0.145. The van der Waals surface area contributed by atoms with E-state index in [-0.39, 0.29) is 25.0 Å². The molecule has 5 nitrogen and oxygen atoms in total. The van der Waals surface area contributed by atoms with Gasteiger partial charge in [-0.15, -0.1) is 0 Å². The number of ether oxygens (including phenoxy) is 1. The molecule has 0 heterocycles. The van der Waals surface area contributed by atoms with Gasteiger partial charge in [0, 0.05) is 25.3 Å². The predicted molar refractivity (Wildman–Crippen MR) is 80.0 cm³/mol. The summed E-state index contributed by atoms with van der Waals surface area (Å²) in [7, 11) is 1.33. The van der Waals surface area contributed by atoms with Gasteiger partial charge < -0.3 is 14.7 Å². The summed E-state index contributed by atoms with van der Waals surface area (Å²) < 4.78 is 4.70. The number of aliphatic hydroxyl groups is 1. The SMILES string of the molecule is COC(=O)C(C)CN(CCCO)C(=O)c1ccccc1C. The highest BCUT2D eigenvalue weighted by Gasteiger charge is 2.22. The number of hydrogen-bond acceptors (Lipinski definition) is 4. The number of rotatable bonds is 7. The molecule has 1 N–H and O–H groups in total. The minimum atomic E-state index is -0.401. The van der Waals surface area contributed by atoms with Gasteiger partial charge in [0.15, 0.2) is 0 Å². The van der Waals surface area contributed by atoms with Crippen molar-refractivity contribution in [2.75, 3.05) is 26.8 Å². The van der Waals surface area contributed by atoms with Gasteiger partial charge in [0.25, 0.3) is 5.91 Å². The van der Waals surface area contributed by atoms with Gasteiger partial charge >= 0.3 is 5.97 Å². The fourth-order valence-electron chi connectivity index (χ4n) is 2.13. The predicted octanol–water partition coefficient (Wildman–Crippen LogP) is 1.63. The van der Waals surface area contributed by atoms with Crippen molar-refractivity contribution < 1.29 is 19.4 Å². The molecule has 0 aliphatic rings. The third-order valence-corrected chi connectivity index (χ3v) is 3.35. The lowest BCUT2D eigenvalue weighted by atomic mass is 10.1. The molecule has 1 rings (SSSR count). The summed E-state index contributed by atoms with van der Waals surface area (Å²) in [6.45, 7) is 4.29. The van der Waals surface area contributed by atoms with Crippen molar-refractivity contribution in [1.29, 1.82) is 0 Å². The number of aliphatic hydroxyl groups excluding tert-OH is 1. The normalized spacial score (nSPS) is 11.8. The molecule has 116 valence electrons. The van der Waals surface area contributed by atoms with E-state index in [4.69, 9.17) is 9.84 Å². The second kappa shape index (κ2) is 8.42. The molecule has 0 aromatic heterocycles. The van der Waals surface area contributed by atoms with Crippen LogP contribution >= 0.6 is 0 Å². The number of methoxy groups -OCH3 is 1. The number of benzene rings is 1. The Kier molecular flexibility index (Phi) is 6.88. The van der Waals surface area contributed by atoms with Gasteiger partial charge in [-0.25, -0.2) is 0 Å². The van der Waals surface area contributed by atoms with Gasteiger partial charge in [-0.2, -0.15) is 0 Å². The molecule has 0 aliphatic heterocycles. The maximum Gasteiger partial charge on any atom is 0.310 e. The van der Waals surface area contributed by atoms with Crippen molar-refractivity contribution in [1.82, 2.24) is 4.90 Å². The Morgan fingerprint density at radius 3 is 2.57 bits per heavy atom. The van der Waals surface area contributed by atoms with Gasteiger partial charge in [0.1, 0.15) is 0 Å². The van der Waals surface area contributed by atoms with E-state index < -0.39 is 5.92 Å². The molecular weight excluding hydrogens is 270 g/mol. The van der Waals surface area contributed by atoms with E-state index in [1.165, 1.54) is 7.11 Å². The van der Waals surface area contributed by atoms with E-state index in [0.29, 0.717) is 18.5 Å². The van der Waals surface area contributed by atoms with Crippen molar-refractivity contribution in [3.05, 3.63) is 35.4 Å². The van der Waals surface area contributed by atoms with Crippen LogP contribution in [0.2, 0.25) is 0 Å². The second-order valence-corrected chi connectivity index (χ2v) is 5.07. The molecule has 0 saturated carbocycles. The maximum atomic E-state index is 12.6. The highest BCUT2D eigenvalue weighted by Crippen LogP contribution is 2.13. The number of esters is 1. The van der Waals surface area contributed by atoms with E-state index in [2.05, 4.69) is 0 Å². The van der Waals surface area contributed by atoms with Gasteiger partial charge in [-0.1, -0.05) is 25.1 Å². The first-order valence-electron chi connectivity index (χ1n) is 7.04. The standard InChI is InChI=1S/C16H23NO4/c1-12-7-4-5-8-14(12)15(19)17(9-6-10-18)11-13(2)16(20)21-3/h4-5,7-8,13,18H,6,9-11H2,1-3H3. The van der Waals surface area contributed by atoms with Crippen molar-refractivity contribution in [3.63, 3.8) is 0 Å². The smallest absolute Gasteiger partial charge is 0.310 e. The van der Waals surface area contributed by atoms with Crippen molar-refractivity contribution in [2.45, 2.75) is 20.3 Å². The minimum Gasteiger partial charge on any atom is -0.469 e. The average Bonchev–Trinajstić information content (AvgIpc) is 2.50. The van der Waals surface area contributed by atoms with Gasteiger partial charge in [0.2, 0.25) is 0 Å². The summed E-state index contributed by atoms with van der Waals surface area (Å²) in [5, 5.41) is 8.98. The van der Waals surface area contributed by atoms with Crippen molar-refractivity contribution in [2.24, 2.45) is 5.92 Å². The summed E-state index contributed by atoms with van der Waals surface area (Å²) >= 11 is 0. The third kappa shape index (κ3) is 4.86. The number of hydrogen-bond donors (Lipinski definition) is 1. The van der Waals surface area contributed by atoms with E-state index in [1.54, 1.807) is 17.9 Å². The molecule has 1 aromatic rings. The Bertz CT molecular complexity index is 487. The van der Waals surface area contributed by atoms with Gasteiger partial charge in [0.05, 0.1) is 13.0 Å². The molecule has 5 heteroatoms. The van der Waals surface area contributed by atoms with Crippen LogP contribution in [0.15, 0.2) is 24.3 Å². The molecule has 0 radical (unpaired) electrons. The van der Waals surface area contributed by atoms with Crippen LogP contribution in [0, 0.1) is 12.8 Å². The average molecular weight is 293 g/mol. The first-order valence-corrected chi connectivity index (χ1v) is 7.04. The highest BCUT2D eigenvalue weighted by atomic mass is 16.5. The molecule has 0 spiro atoms. The first-order chi connectivity index (χ1) is 10.0. The molecular formula is C16H23NO4. The van der Waals surface area contributed by atoms with E-state index in [0.717, 1.165) is 5.56 Å². The largest absolute Gasteiger partial charge is 0.469 e. The maximum absolute atomic E-state index is 12.6. The van der Waals surface area contributed by atoms with Crippen LogP contribution < -0.4 is 0 Å². The Hall–Kier alpha value is -1.88. The number of nitrogens with zero attached hydrogens (tertiary/aromatic N) is 1. The van der Waals surface area contributed by atoms with Crippen molar-refractivity contribution >= 4 is 11.9 Å². The molecule has 0 fully saturated rings. The summed E-state index contributed by atoms with van der Waals surface area (Å²) in [5.41, 5.74) is 1.51. The molecule has 1 amide bonds. The third-order valence-electron chi connectivity index (χ3n) is 3.35. The first kappa shape index (κ1) is 17.2. The number of carbonyl (C=O) groups excluding carboxylic acids is 2. The molecule has 1 unspecified atom stereocenters. The van der Waals surface area contributed by atoms with Crippen molar-refractivity contribution in [3.8, 4) is 0 Å². The molecule has 1 aromatic carbocycles. The van der Waals surface area contributed by atoms with Crippen LogP contribution in [0.4, 0.5) is 0 Å². The van der Waals surface area contributed by atoms with Gasteiger partial charge in [-0.05, 0) is 25.0 Å². The molecule has 0 saturated heterocycles. The van der Waals surface area contributed by atoms with Gasteiger partial charge in [-0.3, -0.25) is 9.59 Å². The quantitative estimate of drug-likeness (QED) is 0.776. The number of amides is 1. The zero-order valence-electron chi connectivity index (χ0n) is 12.8. The van der Waals surface area contributed by atoms with Crippen LogP contribution in [0.5, 0.6) is 0 Å². The lowest BCUT2D eigenvalue weighted by Gasteiger charge is -2.25. The zero-order chi connectivity index (χ0) is 15.8. The fourth-order valence-corrected chi connectivity index (χ4v) is 2.13. The summed E-state index contributed by atoms with van der Waals surface area (Å²) in [4.78, 5) is 25.7. The highest BCUT2D eigenvalue weighted by molar-refractivity contribution is 5.95.